The molecule has 1 aliphatic heterocycles. The second-order valence-corrected chi connectivity index (χ2v) is 3.52. The first-order valence-electron chi connectivity index (χ1n) is 4.53. The summed E-state index contributed by atoms with van der Waals surface area (Å²) in [6.45, 7) is 4.83. The minimum atomic E-state index is 0.648. The van der Waals surface area contributed by atoms with Gasteiger partial charge in [0, 0.05) is 30.8 Å². The number of anilines is 1. The molecule has 13 heavy (non-hydrogen) atoms. The highest BCUT2D eigenvalue weighted by atomic mass is 15.2. The number of hydrogen-bond acceptors (Lipinski definition) is 4. The van der Waals surface area contributed by atoms with Crippen LogP contribution in [0.5, 0.6) is 0 Å². The number of rotatable bonds is 2. The molecule has 2 N–H and O–H groups in total. The van der Waals surface area contributed by atoms with E-state index in [1.165, 1.54) is 0 Å². The Hall–Kier alpha value is -1.16. The molecule has 1 aromatic heterocycles. The van der Waals surface area contributed by atoms with Crippen molar-refractivity contribution in [2.75, 3.05) is 24.5 Å². The van der Waals surface area contributed by atoms with Crippen LogP contribution in [0.2, 0.25) is 0 Å². The van der Waals surface area contributed by atoms with Gasteiger partial charge < -0.3 is 10.6 Å². The van der Waals surface area contributed by atoms with Crippen LogP contribution in [0.4, 0.5) is 5.82 Å². The molecule has 0 aromatic carbocycles. The van der Waals surface area contributed by atoms with Gasteiger partial charge in [0.25, 0.3) is 0 Å². The predicted octanol–water partition coefficient (Wildman–Crippen LogP) is 0.180. The smallest absolute Gasteiger partial charge is 0.132 e. The molecule has 4 heteroatoms. The van der Waals surface area contributed by atoms with Crippen molar-refractivity contribution in [3.63, 3.8) is 0 Å². The van der Waals surface area contributed by atoms with Gasteiger partial charge in [-0.3, -0.25) is 0 Å². The van der Waals surface area contributed by atoms with Crippen molar-refractivity contribution in [3.8, 4) is 0 Å². The second kappa shape index (κ2) is 3.30. The largest absolute Gasteiger partial charge is 0.356 e. The molecule has 0 radical (unpaired) electrons. The van der Waals surface area contributed by atoms with E-state index in [0.717, 1.165) is 31.1 Å². The maximum absolute atomic E-state index is 5.54. The zero-order valence-corrected chi connectivity index (χ0v) is 7.77. The molecular weight excluding hydrogens is 164 g/mol. The summed E-state index contributed by atoms with van der Waals surface area (Å²) < 4.78 is 0. The standard InChI is InChI=1S/C9H14N4/c1-7-2-9(12-6-11-7)13-4-8(3-10)5-13/h2,6,8H,3-5,10H2,1H3. The Balaban J connectivity index is 2.03. The molecular formula is C9H14N4. The van der Waals surface area contributed by atoms with Crippen molar-refractivity contribution in [1.29, 1.82) is 0 Å². The van der Waals surface area contributed by atoms with Crippen LogP contribution < -0.4 is 10.6 Å². The van der Waals surface area contributed by atoms with Gasteiger partial charge in [0.05, 0.1) is 0 Å². The summed E-state index contributed by atoms with van der Waals surface area (Å²) >= 11 is 0. The van der Waals surface area contributed by atoms with E-state index in [9.17, 15) is 0 Å². The monoisotopic (exact) mass is 178 g/mol. The Kier molecular flexibility index (Phi) is 2.14. The molecule has 4 nitrogen and oxygen atoms in total. The Morgan fingerprint density at radius 1 is 1.54 bits per heavy atom. The first kappa shape index (κ1) is 8.44. The molecule has 1 aromatic rings. The van der Waals surface area contributed by atoms with Gasteiger partial charge in [-0.25, -0.2) is 9.97 Å². The lowest BCUT2D eigenvalue weighted by molar-refractivity contribution is 0.416. The van der Waals surface area contributed by atoms with Crippen LogP contribution >= 0.6 is 0 Å². The average Bonchev–Trinajstić information content (AvgIpc) is 2.02. The van der Waals surface area contributed by atoms with Crippen LogP contribution in [-0.4, -0.2) is 29.6 Å². The molecule has 0 amide bonds. The van der Waals surface area contributed by atoms with E-state index in [-0.39, 0.29) is 0 Å². The van der Waals surface area contributed by atoms with E-state index in [1.807, 2.05) is 13.0 Å². The fourth-order valence-electron chi connectivity index (χ4n) is 1.52. The first-order valence-corrected chi connectivity index (χ1v) is 4.53. The third-order valence-corrected chi connectivity index (χ3v) is 2.40. The molecule has 2 rings (SSSR count). The molecule has 0 bridgehead atoms. The lowest BCUT2D eigenvalue weighted by Crippen LogP contribution is -2.50. The quantitative estimate of drug-likeness (QED) is 0.702. The van der Waals surface area contributed by atoms with E-state index in [4.69, 9.17) is 5.73 Å². The number of aryl methyl sites for hydroxylation is 1. The number of hydrogen-bond donors (Lipinski definition) is 1. The second-order valence-electron chi connectivity index (χ2n) is 3.52. The Morgan fingerprint density at radius 3 is 2.92 bits per heavy atom. The highest BCUT2D eigenvalue weighted by Crippen LogP contribution is 2.21. The SMILES string of the molecule is Cc1cc(N2CC(CN)C2)ncn1. The summed E-state index contributed by atoms with van der Waals surface area (Å²) in [6.07, 6.45) is 1.61. The summed E-state index contributed by atoms with van der Waals surface area (Å²) in [5.41, 5.74) is 6.56. The van der Waals surface area contributed by atoms with E-state index in [2.05, 4.69) is 14.9 Å². The lowest BCUT2D eigenvalue weighted by Gasteiger charge is -2.39. The average molecular weight is 178 g/mol. The minimum Gasteiger partial charge on any atom is -0.356 e. The van der Waals surface area contributed by atoms with E-state index in [0.29, 0.717) is 5.92 Å². The van der Waals surface area contributed by atoms with Crippen LogP contribution in [-0.2, 0) is 0 Å². The van der Waals surface area contributed by atoms with Crippen molar-refractivity contribution >= 4 is 5.82 Å². The van der Waals surface area contributed by atoms with Gasteiger partial charge in [-0.2, -0.15) is 0 Å². The Bertz CT molecular complexity index is 293. The van der Waals surface area contributed by atoms with Gasteiger partial charge in [0.15, 0.2) is 0 Å². The molecule has 0 spiro atoms. The van der Waals surface area contributed by atoms with Crippen molar-refractivity contribution < 1.29 is 0 Å². The topological polar surface area (TPSA) is 55.0 Å². The molecule has 2 heterocycles. The molecule has 0 unspecified atom stereocenters. The van der Waals surface area contributed by atoms with Crippen LogP contribution in [0.15, 0.2) is 12.4 Å². The highest BCUT2D eigenvalue weighted by Gasteiger charge is 2.26. The number of nitrogens with two attached hydrogens (primary N) is 1. The molecule has 1 aliphatic rings. The van der Waals surface area contributed by atoms with Gasteiger partial charge in [0.1, 0.15) is 12.1 Å². The molecule has 0 aliphatic carbocycles. The minimum absolute atomic E-state index is 0.648. The fourth-order valence-corrected chi connectivity index (χ4v) is 1.52. The molecule has 0 atom stereocenters. The van der Waals surface area contributed by atoms with Gasteiger partial charge >= 0.3 is 0 Å². The van der Waals surface area contributed by atoms with Gasteiger partial charge in [-0.05, 0) is 13.5 Å². The third kappa shape index (κ3) is 1.62. The van der Waals surface area contributed by atoms with Gasteiger partial charge in [-0.15, -0.1) is 0 Å². The summed E-state index contributed by atoms with van der Waals surface area (Å²) in [7, 11) is 0. The van der Waals surface area contributed by atoms with Crippen LogP contribution in [0.3, 0.4) is 0 Å². The van der Waals surface area contributed by atoms with E-state index in [1.54, 1.807) is 6.33 Å². The molecule has 1 saturated heterocycles. The Morgan fingerprint density at radius 2 is 2.31 bits per heavy atom. The summed E-state index contributed by atoms with van der Waals surface area (Å²) in [5, 5.41) is 0. The van der Waals surface area contributed by atoms with Crippen LogP contribution in [0.1, 0.15) is 5.69 Å². The van der Waals surface area contributed by atoms with Gasteiger partial charge in [0.2, 0.25) is 0 Å². The maximum atomic E-state index is 5.54. The zero-order chi connectivity index (χ0) is 9.26. The summed E-state index contributed by atoms with van der Waals surface area (Å²) in [5.74, 6) is 1.67. The lowest BCUT2D eigenvalue weighted by atomic mass is 10.0. The van der Waals surface area contributed by atoms with Crippen LogP contribution in [0.25, 0.3) is 0 Å². The predicted molar refractivity (Wildman–Crippen MR) is 51.5 cm³/mol. The highest BCUT2D eigenvalue weighted by molar-refractivity contribution is 5.41. The molecule has 70 valence electrons. The van der Waals surface area contributed by atoms with Crippen molar-refractivity contribution in [2.24, 2.45) is 11.7 Å². The van der Waals surface area contributed by atoms with E-state index >= 15 is 0 Å². The molecule has 0 saturated carbocycles. The maximum Gasteiger partial charge on any atom is 0.132 e. The van der Waals surface area contributed by atoms with Crippen molar-refractivity contribution in [2.45, 2.75) is 6.92 Å². The summed E-state index contributed by atoms with van der Waals surface area (Å²) in [6, 6.07) is 2.01. The Labute approximate surface area is 77.8 Å². The van der Waals surface area contributed by atoms with Crippen molar-refractivity contribution in [1.82, 2.24) is 9.97 Å². The van der Waals surface area contributed by atoms with Crippen LogP contribution in [0, 0.1) is 12.8 Å². The van der Waals surface area contributed by atoms with Crippen molar-refractivity contribution in [3.05, 3.63) is 18.1 Å². The normalized spacial score (nSPS) is 17.2. The molecule has 1 fully saturated rings. The third-order valence-electron chi connectivity index (χ3n) is 2.40. The zero-order valence-electron chi connectivity index (χ0n) is 7.77. The number of nitrogens with zero attached hydrogens (tertiary/aromatic N) is 3. The first-order chi connectivity index (χ1) is 6.29. The number of aromatic nitrogens is 2. The summed E-state index contributed by atoms with van der Waals surface area (Å²) in [4.78, 5) is 10.5. The fraction of sp³-hybridized carbons (Fsp3) is 0.556. The van der Waals surface area contributed by atoms with Gasteiger partial charge in [-0.1, -0.05) is 0 Å². The van der Waals surface area contributed by atoms with E-state index < -0.39 is 0 Å².